The van der Waals surface area contributed by atoms with Gasteiger partial charge in [0.2, 0.25) is 0 Å². The Morgan fingerprint density at radius 3 is 2.49 bits per heavy atom. The van der Waals surface area contributed by atoms with Gasteiger partial charge in [0, 0.05) is 42.3 Å². The third-order valence-electron chi connectivity index (χ3n) is 7.73. The molecular weight excluding hydrogens is 661 g/mol. The minimum absolute atomic E-state index is 0.00109. The SMILES string of the molecule is CC(C)(C)CCNC(=N)N(C(=O)c1ccc(-c2cnn(C(F)F)c2)cc1F)[C@H](COC(=O)NC1CC1)c1ccc(Cl)c(-c2ncccn2)c1. The summed E-state index contributed by atoms with van der Waals surface area (Å²) in [4.78, 5) is 36.6. The molecule has 1 saturated carbocycles. The number of hydrogen-bond acceptors (Lipinski definition) is 7. The number of nitrogens with zero attached hydrogens (tertiary/aromatic N) is 5. The highest BCUT2D eigenvalue weighted by molar-refractivity contribution is 6.33. The second-order valence-corrected chi connectivity index (χ2v) is 13.2. The summed E-state index contributed by atoms with van der Waals surface area (Å²) in [6, 6.07) is 8.98. The van der Waals surface area contributed by atoms with Gasteiger partial charge in [0.1, 0.15) is 12.4 Å². The summed E-state index contributed by atoms with van der Waals surface area (Å²) in [5.74, 6) is -1.93. The van der Waals surface area contributed by atoms with Gasteiger partial charge in [-0.3, -0.25) is 15.1 Å². The number of carbonyl (C=O) groups is 2. The molecule has 0 unspecified atom stereocenters. The largest absolute Gasteiger partial charge is 0.447 e. The Morgan fingerprint density at radius 2 is 1.86 bits per heavy atom. The summed E-state index contributed by atoms with van der Waals surface area (Å²) in [6.45, 7) is 3.10. The average molecular weight is 697 g/mol. The molecule has 0 spiro atoms. The first-order valence-electron chi connectivity index (χ1n) is 15.6. The van der Waals surface area contributed by atoms with Gasteiger partial charge in [-0.2, -0.15) is 13.9 Å². The van der Waals surface area contributed by atoms with E-state index in [-0.39, 0.29) is 28.5 Å². The van der Waals surface area contributed by atoms with Crippen molar-refractivity contribution in [3.63, 3.8) is 0 Å². The van der Waals surface area contributed by atoms with Crippen LogP contribution in [0.4, 0.5) is 18.0 Å². The molecule has 2 heterocycles. The van der Waals surface area contributed by atoms with Gasteiger partial charge in [0.25, 0.3) is 5.91 Å². The number of aromatic nitrogens is 4. The van der Waals surface area contributed by atoms with E-state index in [0.717, 1.165) is 36.2 Å². The third-order valence-corrected chi connectivity index (χ3v) is 8.06. The molecule has 15 heteroatoms. The van der Waals surface area contributed by atoms with Crippen molar-refractivity contribution in [2.24, 2.45) is 5.41 Å². The van der Waals surface area contributed by atoms with Gasteiger partial charge in [-0.25, -0.2) is 23.8 Å². The minimum Gasteiger partial charge on any atom is -0.447 e. The van der Waals surface area contributed by atoms with Crippen molar-refractivity contribution < 1.29 is 27.5 Å². The summed E-state index contributed by atoms with van der Waals surface area (Å²) in [6.07, 6.45) is 6.90. The van der Waals surface area contributed by atoms with E-state index in [9.17, 15) is 18.4 Å². The Labute approximate surface area is 286 Å². The number of ether oxygens (including phenoxy) is 1. The molecule has 1 fully saturated rings. The van der Waals surface area contributed by atoms with Crippen LogP contribution in [-0.2, 0) is 4.74 Å². The molecule has 1 atom stereocenters. The molecule has 0 saturated heterocycles. The number of halogens is 4. The number of guanidine groups is 1. The van der Waals surface area contributed by atoms with Crippen LogP contribution < -0.4 is 10.6 Å². The molecular formula is C34H36ClF3N8O3. The van der Waals surface area contributed by atoms with Gasteiger partial charge in [-0.15, -0.1) is 0 Å². The van der Waals surface area contributed by atoms with Gasteiger partial charge in [-0.05, 0) is 66.1 Å². The zero-order valence-corrected chi connectivity index (χ0v) is 27.8. The molecule has 0 bridgehead atoms. The van der Waals surface area contributed by atoms with Gasteiger partial charge in [-0.1, -0.05) is 44.5 Å². The highest BCUT2D eigenvalue weighted by Crippen LogP contribution is 2.33. The molecule has 2 amide bonds. The summed E-state index contributed by atoms with van der Waals surface area (Å²) >= 11 is 6.54. The third kappa shape index (κ3) is 9.13. The number of rotatable bonds is 11. The number of alkyl halides is 2. The first-order valence-corrected chi connectivity index (χ1v) is 16.0. The van der Waals surface area contributed by atoms with Crippen molar-refractivity contribution >= 4 is 29.6 Å². The van der Waals surface area contributed by atoms with Crippen LogP contribution in [0.3, 0.4) is 0 Å². The molecule has 3 N–H and O–H groups in total. The number of alkyl carbamates (subject to hydrolysis) is 1. The summed E-state index contributed by atoms with van der Waals surface area (Å²) in [7, 11) is 0. The van der Waals surface area contributed by atoms with Crippen LogP contribution in [0.25, 0.3) is 22.5 Å². The average Bonchev–Trinajstić information content (AvgIpc) is 3.72. The lowest BCUT2D eigenvalue weighted by atomic mass is 9.92. The maximum absolute atomic E-state index is 15.8. The van der Waals surface area contributed by atoms with Crippen LogP contribution in [0.1, 0.15) is 68.5 Å². The fraction of sp³-hybridized carbons (Fsp3) is 0.353. The molecule has 2 aromatic heterocycles. The molecule has 0 radical (unpaired) electrons. The fourth-order valence-corrected chi connectivity index (χ4v) is 5.10. The lowest BCUT2D eigenvalue weighted by Crippen LogP contribution is -2.49. The minimum atomic E-state index is -2.88. The van der Waals surface area contributed by atoms with Crippen LogP contribution in [-0.4, -0.2) is 61.8 Å². The van der Waals surface area contributed by atoms with Crippen LogP contribution in [0.5, 0.6) is 0 Å². The van der Waals surface area contributed by atoms with Crippen molar-refractivity contribution in [1.29, 1.82) is 5.41 Å². The molecule has 5 rings (SSSR count). The highest BCUT2D eigenvalue weighted by Gasteiger charge is 2.34. The Morgan fingerprint density at radius 1 is 1.12 bits per heavy atom. The Hall–Kier alpha value is -4.98. The number of amides is 2. The van der Waals surface area contributed by atoms with Crippen LogP contribution >= 0.6 is 11.6 Å². The Kier molecular flexibility index (Phi) is 10.9. The molecule has 49 heavy (non-hydrogen) atoms. The normalized spacial score (nSPS) is 13.6. The summed E-state index contributed by atoms with van der Waals surface area (Å²) < 4.78 is 48.0. The molecule has 11 nitrogen and oxygen atoms in total. The summed E-state index contributed by atoms with van der Waals surface area (Å²) in [5, 5.41) is 18.7. The van der Waals surface area contributed by atoms with Gasteiger partial charge in [0.15, 0.2) is 11.8 Å². The van der Waals surface area contributed by atoms with Crippen molar-refractivity contribution in [2.75, 3.05) is 13.2 Å². The molecule has 2 aromatic carbocycles. The quantitative estimate of drug-likeness (QED) is 0.111. The smallest absolute Gasteiger partial charge is 0.407 e. The molecule has 258 valence electrons. The van der Waals surface area contributed by atoms with Crippen molar-refractivity contribution in [2.45, 2.75) is 58.7 Å². The number of carbonyl (C=O) groups excluding carboxylic acids is 2. The standard InChI is InChI=1S/C34H36ClF3N8O3/c1-34(2,3)11-14-42-32(39)46(30(47)24-9-5-20(16-27(24)36)22-17-43-45(18-22)31(37)38)28(19-49-33(48)44-23-7-8-23)21-6-10-26(35)25(15-21)29-40-12-4-13-41-29/h4-6,9-10,12-13,15-18,23,28,31H,7-8,11,14,19H2,1-3H3,(H2,39,42)(H,44,48)/t28-/m1/s1. The number of benzene rings is 2. The van der Waals surface area contributed by atoms with Gasteiger partial charge >= 0.3 is 12.6 Å². The second-order valence-electron chi connectivity index (χ2n) is 12.8. The first kappa shape index (κ1) is 35.3. The fourth-order valence-electron chi connectivity index (χ4n) is 4.90. The lowest BCUT2D eigenvalue weighted by Gasteiger charge is -2.33. The molecule has 0 aliphatic heterocycles. The van der Waals surface area contributed by atoms with Crippen molar-refractivity contribution in [1.82, 2.24) is 35.3 Å². The monoisotopic (exact) mass is 696 g/mol. The molecule has 4 aromatic rings. The van der Waals surface area contributed by atoms with E-state index in [4.69, 9.17) is 21.7 Å². The number of hydrogen-bond donors (Lipinski definition) is 3. The van der Waals surface area contributed by atoms with E-state index >= 15 is 4.39 Å². The van der Waals surface area contributed by atoms with E-state index in [0.29, 0.717) is 39.6 Å². The van der Waals surface area contributed by atoms with E-state index in [2.05, 4.69) is 25.7 Å². The van der Waals surface area contributed by atoms with Crippen LogP contribution in [0.2, 0.25) is 5.02 Å². The zero-order chi connectivity index (χ0) is 35.3. The zero-order valence-electron chi connectivity index (χ0n) is 27.1. The van der Waals surface area contributed by atoms with E-state index in [1.807, 2.05) is 20.8 Å². The van der Waals surface area contributed by atoms with Crippen LogP contribution in [0, 0.1) is 16.6 Å². The van der Waals surface area contributed by atoms with E-state index in [1.54, 1.807) is 36.7 Å². The van der Waals surface area contributed by atoms with E-state index in [1.165, 1.54) is 12.1 Å². The van der Waals surface area contributed by atoms with E-state index < -0.39 is 42.6 Å². The predicted octanol–water partition coefficient (Wildman–Crippen LogP) is 7.23. The first-order chi connectivity index (χ1) is 23.3. The topological polar surface area (TPSA) is 138 Å². The van der Waals surface area contributed by atoms with Gasteiger partial charge in [0.05, 0.1) is 22.8 Å². The Balaban J connectivity index is 1.55. The second kappa shape index (κ2) is 15.1. The van der Waals surface area contributed by atoms with Crippen LogP contribution in [0.15, 0.2) is 67.3 Å². The predicted molar refractivity (Wildman–Crippen MR) is 178 cm³/mol. The maximum Gasteiger partial charge on any atom is 0.407 e. The number of nitrogens with one attached hydrogen (secondary N) is 3. The van der Waals surface area contributed by atoms with Gasteiger partial charge < -0.3 is 15.4 Å². The molecule has 1 aliphatic rings. The highest BCUT2D eigenvalue weighted by atomic mass is 35.5. The molecule has 1 aliphatic carbocycles. The lowest BCUT2D eigenvalue weighted by molar-refractivity contribution is 0.0566. The maximum atomic E-state index is 15.8. The Bertz CT molecular complexity index is 1810. The van der Waals surface area contributed by atoms with Crippen molar-refractivity contribution in [3.8, 4) is 22.5 Å². The summed E-state index contributed by atoms with van der Waals surface area (Å²) in [5.41, 5.74) is 0.751. The van der Waals surface area contributed by atoms with Crippen molar-refractivity contribution in [3.05, 3.63) is 89.2 Å².